The van der Waals surface area contributed by atoms with E-state index in [9.17, 15) is 17.2 Å². The van der Waals surface area contributed by atoms with Crippen molar-refractivity contribution in [1.29, 1.82) is 5.26 Å². The summed E-state index contributed by atoms with van der Waals surface area (Å²) in [6.07, 6.45) is 0. The van der Waals surface area contributed by atoms with Crippen molar-refractivity contribution in [1.82, 2.24) is 0 Å². The summed E-state index contributed by atoms with van der Waals surface area (Å²) in [7, 11) is 0.763. The summed E-state index contributed by atoms with van der Waals surface area (Å²) < 4.78 is 51.1. The molecule has 4 nitrogen and oxygen atoms in total. The molecule has 0 aliphatic rings. The van der Waals surface area contributed by atoms with Crippen LogP contribution in [-0.2, 0) is 14.9 Å². The Morgan fingerprint density at radius 3 is 2.44 bits per heavy atom. The monoisotopic (exact) mass is 315 g/mol. The molecule has 0 N–H and O–H groups in total. The lowest BCUT2D eigenvalue weighted by Crippen LogP contribution is -2.08. The number of ether oxygens (including phenoxy) is 1. The molecular weight excluding hydrogens is 311 g/mol. The molecule has 9 heteroatoms. The van der Waals surface area contributed by atoms with Gasteiger partial charge in [-0.05, 0) is 12.1 Å². The van der Waals surface area contributed by atoms with E-state index in [1.807, 2.05) is 0 Å². The fraction of sp³-hybridized carbons (Fsp3) is 0.222. The zero-order valence-corrected chi connectivity index (χ0v) is 10.9. The molecule has 0 radical (unpaired) electrons. The van der Waals surface area contributed by atoms with Crippen LogP contribution in [0.5, 0.6) is 5.75 Å². The highest BCUT2D eigenvalue weighted by molar-refractivity contribution is 8.13. The van der Waals surface area contributed by atoms with Gasteiger partial charge in [-0.1, -0.05) is 0 Å². The van der Waals surface area contributed by atoms with Crippen LogP contribution in [0.1, 0.15) is 11.1 Å². The Hall–Kier alpha value is -1.10. The second kappa shape index (κ2) is 5.69. The van der Waals surface area contributed by atoms with Crippen molar-refractivity contribution in [2.75, 3.05) is 0 Å². The minimum Gasteiger partial charge on any atom is -0.433 e. The normalized spacial score (nSPS) is 11.3. The molecule has 0 aliphatic carbocycles. The third kappa shape index (κ3) is 3.22. The number of benzene rings is 1. The van der Waals surface area contributed by atoms with Crippen LogP contribution in [0.2, 0.25) is 0 Å². The minimum atomic E-state index is -4.38. The maximum absolute atomic E-state index is 12.1. The van der Waals surface area contributed by atoms with Gasteiger partial charge >= 0.3 is 6.61 Å². The largest absolute Gasteiger partial charge is 0.433 e. The molecule has 0 atom stereocenters. The summed E-state index contributed by atoms with van der Waals surface area (Å²) in [5, 5.41) is 8.78. The highest BCUT2D eigenvalue weighted by atomic mass is 35.7. The lowest BCUT2D eigenvalue weighted by atomic mass is 10.1. The molecule has 1 aromatic rings. The molecular formula is C9H5Cl2F2NO3S. The fourth-order valence-electron chi connectivity index (χ4n) is 1.30. The van der Waals surface area contributed by atoms with E-state index >= 15 is 0 Å². The first kappa shape index (κ1) is 15.0. The number of nitriles is 1. The van der Waals surface area contributed by atoms with Gasteiger partial charge in [-0.25, -0.2) is 8.42 Å². The molecule has 18 heavy (non-hydrogen) atoms. The molecule has 0 aromatic heterocycles. The first-order valence-corrected chi connectivity index (χ1v) is 7.17. The number of nitrogens with zero attached hydrogens (tertiary/aromatic N) is 1. The third-order valence-electron chi connectivity index (χ3n) is 1.94. The quantitative estimate of drug-likeness (QED) is 0.633. The Labute approximate surface area is 111 Å². The van der Waals surface area contributed by atoms with Crippen molar-refractivity contribution < 1.29 is 21.9 Å². The van der Waals surface area contributed by atoms with Gasteiger partial charge in [0.25, 0.3) is 9.05 Å². The molecule has 0 bridgehead atoms. The van der Waals surface area contributed by atoms with E-state index in [1.165, 1.54) is 0 Å². The van der Waals surface area contributed by atoms with Crippen molar-refractivity contribution in [3.8, 4) is 11.8 Å². The summed E-state index contributed by atoms with van der Waals surface area (Å²) in [6.45, 7) is -3.22. The SMILES string of the molecule is N#Cc1ccc(OC(F)F)c(S(=O)(=O)Cl)c1CCl. The van der Waals surface area contributed by atoms with Gasteiger partial charge in [0.05, 0.1) is 17.5 Å². The number of alkyl halides is 3. The van der Waals surface area contributed by atoms with Gasteiger partial charge in [0, 0.05) is 16.2 Å². The topological polar surface area (TPSA) is 67.2 Å². The van der Waals surface area contributed by atoms with E-state index in [1.54, 1.807) is 6.07 Å². The third-order valence-corrected chi connectivity index (χ3v) is 3.60. The molecule has 1 aromatic carbocycles. The van der Waals surface area contributed by atoms with Crippen molar-refractivity contribution >= 4 is 31.3 Å². The van der Waals surface area contributed by atoms with Crippen LogP contribution in [0.15, 0.2) is 17.0 Å². The van der Waals surface area contributed by atoms with E-state index in [0.717, 1.165) is 12.1 Å². The predicted molar refractivity (Wildman–Crippen MR) is 60.4 cm³/mol. The lowest BCUT2D eigenvalue weighted by Gasteiger charge is -2.12. The van der Waals surface area contributed by atoms with Gasteiger partial charge in [0.2, 0.25) is 0 Å². The van der Waals surface area contributed by atoms with Crippen molar-refractivity contribution in [2.24, 2.45) is 0 Å². The zero-order chi connectivity index (χ0) is 13.9. The van der Waals surface area contributed by atoms with E-state index in [2.05, 4.69) is 4.74 Å². The van der Waals surface area contributed by atoms with Crippen LogP contribution >= 0.6 is 22.3 Å². The molecule has 0 spiro atoms. The maximum atomic E-state index is 12.1. The van der Waals surface area contributed by atoms with E-state index in [0.29, 0.717) is 0 Å². The summed E-state index contributed by atoms with van der Waals surface area (Å²) in [4.78, 5) is -0.710. The zero-order valence-electron chi connectivity index (χ0n) is 8.53. The molecule has 0 saturated heterocycles. The van der Waals surface area contributed by atoms with Crippen LogP contribution in [0.4, 0.5) is 8.78 Å². The van der Waals surface area contributed by atoms with Crippen molar-refractivity contribution in [2.45, 2.75) is 17.4 Å². The molecule has 1 rings (SSSR count). The second-order valence-electron chi connectivity index (χ2n) is 2.98. The van der Waals surface area contributed by atoms with Gasteiger partial charge in [-0.15, -0.1) is 11.6 Å². The molecule has 0 saturated carbocycles. The summed E-state index contributed by atoms with van der Waals surface area (Å²) in [5.41, 5.74) is -0.252. The molecule has 98 valence electrons. The first-order chi connectivity index (χ1) is 8.31. The number of rotatable bonds is 4. The van der Waals surface area contributed by atoms with Crippen LogP contribution in [-0.4, -0.2) is 15.0 Å². The average Bonchev–Trinajstić information content (AvgIpc) is 2.25. The van der Waals surface area contributed by atoms with Gasteiger partial charge in [0.15, 0.2) is 0 Å². The van der Waals surface area contributed by atoms with Crippen LogP contribution in [0.3, 0.4) is 0 Å². The Balaban J connectivity index is 3.61. The van der Waals surface area contributed by atoms with Gasteiger partial charge in [-0.2, -0.15) is 14.0 Å². The van der Waals surface area contributed by atoms with Crippen LogP contribution in [0.25, 0.3) is 0 Å². The summed E-state index contributed by atoms with van der Waals surface area (Å²) in [5.74, 6) is -1.03. The smallest absolute Gasteiger partial charge is 0.387 e. The Bertz CT molecular complexity index is 599. The van der Waals surface area contributed by atoms with Crippen LogP contribution in [0, 0.1) is 11.3 Å². The molecule has 0 heterocycles. The Morgan fingerprint density at radius 1 is 1.44 bits per heavy atom. The van der Waals surface area contributed by atoms with E-state index in [4.69, 9.17) is 27.5 Å². The Morgan fingerprint density at radius 2 is 2.06 bits per heavy atom. The van der Waals surface area contributed by atoms with E-state index in [-0.39, 0.29) is 17.0 Å². The molecule has 0 fully saturated rings. The standard InChI is InChI=1S/C9H5Cl2F2NO3S/c10-3-6-5(4-14)1-2-7(17-9(12)13)8(6)18(11,15)16/h1-2,9H,3H2. The van der Waals surface area contributed by atoms with E-state index < -0.39 is 26.3 Å². The van der Waals surface area contributed by atoms with Crippen LogP contribution < -0.4 is 4.74 Å². The molecule has 0 amide bonds. The molecule has 0 unspecified atom stereocenters. The number of halogens is 4. The van der Waals surface area contributed by atoms with Gasteiger partial charge in [-0.3, -0.25) is 0 Å². The predicted octanol–water partition coefficient (Wildman–Crippen LogP) is 2.83. The highest BCUT2D eigenvalue weighted by Gasteiger charge is 2.25. The summed E-state index contributed by atoms with van der Waals surface area (Å²) >= 11 is 5.51. The van der Waals surface area contributed by atoms with Crippen molar-refractivity contribution in [3.63, 3.8) is 0 Å². The maximum Gasteiger partial charge on any atom is 0.387 e. The highest BCUT2D eigenvalue weighted by Crippen LogP contribution is 2.34. The fourth-order valence-corrected chi connectivity index (χ4v) is 3.00. The van der Waals surface area contributed by atoms with Crippen molar-refractivity contribution in [3.05, 3.63) is 23.3 Å². The second-order valence-corrected chi connectivity index (χ2v) is 5.75. The lowest BCUT2D eigenvalue weighted by molar-refractivity contribution is -0.0517. The van der Waals surface area contributed by atoms with Gasteiger partial charge < -0.3 is 4.74 Å². The number of hydrogen-bond donors (Lipinski definition) is 0. The minimum absolute atomic E-state index is 0.0779. The molecule has 0 aliphatic heterocycles. The van der Waals surface area contributed by atoms with Gasteiger partial charge in [0.1, 0.15) is 10.6 Å². The average molecular weight is 316 g/mol. The summed E-state index contributed by atoms with van der Waals surface area (Å²) in [6, 6.07) is 3.74. The number of hydrogen-bond acceptors (Lipinski definition) is 4. The first-order valence-electron chi connectivity index (χ1n) is 4.32. The Kier molecular flexibility index (Phi) is 4.73.